The molecule has 1 aromatic rings. The summed E-state index contributed by atoms with van der Waals surface area (Å²) in [7, 11) is 2.05. The van der Waals surface area contributed by atoms with Crippen molar-refractivity contribution < 1.29 is 9.59 Å². The Labute approximate surface area is 212 Å². The van der Waals surface area contributed by atoms with Gasteiger partial charge in [0.25, 0.3) is 5.91 Å². The first-order chi connectivity index (χ1) is 16.6. The van der Waals surface area contributed by atoms with E-state index in [1.54, 1.807) is 0 Å². The fourth-order valence-corrected chi connectivity index (χ4v) is 9.18. The molecule has 0 aromatic heterocycles. The highest BCUT2D eigenvalue weighted by Gasteiger charge is 2.60. The summed E-state index contributed by atoms with van der Waals surface area (Å²) in [5.41, 5.74) is 2.69. The van der Waals surface area contributed by atoms with Gasteiger partial charge >= 0.3 is 0 Å². The van der Waals surface area contributed by atoms with Gasteiger partial charge in [-0.1, -0.05) is 39.8 Å². The molecule has 192 valence electrons. The summed E-state index contributed by atoms with van der Waals surface area (Å²) < 4.78 is 0. The van der Waals surface area contributed by atoms with E-state index in [2.05, 4.69) is 50.0 Å². The van der Waals surface area contributed by atoms with Crippen LogP contribution in [0.25, 0.3) is 0 Å². The maximum absolute atomic E-state index is 12.9. The molecule has 1 aliphatic heterocycles. The Morgan fingerprint density at radius 2 is 1.71 bits per heavy atom. The van der Waals surface area contributed by atoms with E-state index >= 15 is 0 Å². The summed E-state index contributed by atoms with van der Waals surface area (Å²) in [5, 5.41) is 3.31. The maximum atomic E-state index is 12.9. The molecule has 0 radical (unpaired) electrons. The molecule has 4 fully saturated rings. The van der Waals surface area contributed by atoms with Crippen molar-refractivity contribution in [2.24, 2.45) is 40.4 Å². The van der Waals surface area contributed by atoms with Crippen LogP contribution in [-0.2, 0) is 11.2 Å². The summed E-state index contributed by atoms with van der Waals surface area (Å²) in [4.78, 5) is 27.4. The molecule has 3 aliphatic carbocycles. The SMILES string of the molecule is CC(C)Cc1ccc(C(=O)NCC2CC[C@H]3[C@@H]4CCC5N(C)C(=O)CC[C@]5(C)[C@@H]4CC[C@]23C)cc1. The molecule has 7 atom stereocenters. The maximum Gasteiger partial charge on any atom is 0.251 e. The van der Waals surface area contributed by atoms with Crippen molar-refractivity contribution in [2.75, 3.05) is 13.6 Å². The average Bonchev–Trinajstić information content (AvgIpc) is 3.16. The number of nitrogens with one attached hydrogen (secondary N) is 1. The minimum Gasteiger partial charge on any atom is -0.352 e. The van der Waals surface area contributed by atoms with Crippen LogP contribution >= 0.6 is 0 Å². The van der Waals surface area contributed by atoms with Crippen molar-refractivity contribution in [1.29, 1.82) is 0 Å². The van der Waals surface area contributed by atoms with Gasteiger partial charge in [-0.05, 0) is 109 Å². The number of carbonyl (C=O) groups excluding carboxylic acids is 2. The van der Waals surface area contributed by atoms with Crippen LogP contribution in [0.3, 0.4) is 0 Å². The minimum absolute atomic E-state index is 0.0739. The molecule has 35 heavy (non-hydrogen) atoms. The molecule has 0 bridgehead atoms. The lowest BCUT2D eigenvalue weighted by molar-refractivity contribution is -0.158. The van der Waals surface area contributed by atoms with E-state index in [9.17, 15) is 9.59 Å². The molecule has 1 N–H and O–H groups in total. The Morgan fingerprint density at radius 3 is 2.43 bits per heavy atom. The monoisotopic (exact) mass is 478 g/mol. The quantitative estimate of drug-likeness (QED) is 0.556. The number of amides is 2. The third kappa shape index (κ3) is 4.23. The zero-order valence-electron chi connectivity index (χ0n) is 22.6. The van der Waals surface area contributed by atoms with Crippen LogP contribution in [0, 0.1) is 40.4 Å². The lowest BCUT2D eigenvalue weighted by atomic mass is 9.47. The van der Waals surface area contributed by atoms with Gasteiger partial charge in [0.05, 0.1) is 0 Å². The van der Waals surface area contributed by atoms with Gasteiger partial charge in [-0.25, -0.2) is 0 Å². The van der Waals surface area contributed by atoms with E-state index in [4.69, 9.17) is 0 Å². The first-order valence-electron chi connectivity index (χ1n) is 14.3. The topological polar surface area (TPSA) is 49.4 Å². The molecule has 1 heterocycles. The number of rotatable bonds is 5. The van der Waals surface area contributed by atoms with Gasteiger partial charge in [-0.3, -0.25) is 9.59 Å². The fraction of sp³-hybridized carbons (Fsp3) is 0.742. The molecule has 1 saturated heterocycles. The van der Waals surface area contributed by atoms with Gasteiger partial charge in [-0.15, -0.1) is 0 Å². The second kappa shape index (κ2) is 9.23. The molecule has 5 rings (SSSR count). The van der Waals surface area contributed by atoms with Crippen LogP contribution in [0.15, 0.2) is 24.3 Å². The van der Waals surface area contributed by atoms with Crippen LogP contribution in [0.1, 0.15) is 95.0 Å². The third-order valence-electron chi connectivity index (χ3n) is 11.1. The highest BCUT2D eigenvalue weighted by Crippen LogP contribution is 2.66. The third-order valence-corrected chi connectivity index (χ3v) is 11.1. The Hall–Kier alpha value is -1.84. The molecule has 4 aliphatic rings. The van der Waals surface area contributed by atoms with Crippen LogP contribution in [0.4, 0.5) is 0 Å². The van der Waals surface area contributed by atoms with Crippen molar-refractivity contribution in [2.45, 2.75) is 91.5 Å². The van der Waals surface area contributed by atoms with Crippen LogP contribution in [0.5, 0.6) is 0 Å². The molecule has 3 saturated carbocycles. The predicted molar refractivity (Wildman–Crippen MR) is 141 cm³/mol. The zero-order valence-corrected chi connectivity index (χ0v) is 22.6. The first kappa shape index (κ1) is 24.8. The number of piperidine rings is 1. The second-order valence-electron chi connectivity index (χ2n) is 13.3. The smallest absolute Gasteiger partial charge is 0.251 e. The van der Waals surface area contributed by atoms with Gasteiger partial charge in [0.1, 0.15) is 0 Å². The number of benzene rings is 1. The Bertz CT molecular complexity index is 955. The number of likely N-dealkylation sites (tertiary alicyclic amines) is 1. The average molecular weight is 479 g/mol. The first-order valence-corrected chi connectivity index (χ1v) is 14.3. The summed E-state index contributed by atoms with van der Waals surface area (Å²) in [6.07, 6.45) is 10.4. The van der Waals surface area contributed by atoms with Crippen LogP contribution in [-0.4, -0.2) is 36.3 Å². The van der Waals surface area contributed by atoms with Crippen molar-refractivity contribution in [1.82, 2.24) is 10.2 Å². The molecule has 4 heteroatoms. The summed E-state index contributed by atoms with van der Waals surface area (Å²) in [6.45, 7) is 10.3. The van der Waals surface area contributed by atoms with Gasteiger partial charge in [0.15, 0.2) is 0 Å². The largest absolute Gasteiger partial charge is 0.352 e. The highest BCUT2D eigenvalue weighted by molar-refractivity contribution is 5.94. The summed E-state index contributed by atoms with van der Waals surface area (Å²) >= 11 is 0. The molecule has 4 nitrogen and oxygen atoms in total. The van der Waals surface area contributed by atoms with E-state index < -0.39 is 0 Å². The Kier molecular flexibility index (Phi) is 6.55. The number of hydrogen-bond donors (Lipinski definition) is 1. The summed E-state index contributed by atoms with van der Waals surface area (Å²) in [5.74, 6) is 3.90. The number of nitrogens with zero attached hydrogens (tertiary/aromatic N) is 1. The molecular weight excluding hydrogens is 432 g/mol. The number of hydrogen-bond acceptors (Lipinski definition) is 2. The van der Waals surface area contributed by atoms with E-state index in [1.807, 2.05) is 19.2 Å². The Balaban J connectivity index is 1.23. The summed E-state index contributed by atoms with van der Waals surface area (Å²) in [6, 6.07) is 8.62. The van der Waals surface area contributed by atoms with E-state index in [-0.39, 0.29) is 11.3 Å². The lowest BCUT2D eigenvalue weighted by Crippen LogP contribution is -2.61. The number of carbonyl (C=O) groups is 2. The molecule has 1 aromatic carbocycles. The normalized spacial score (nSPS) is 38.6. The van der Waals surface area contributed by atoms with E-state index in [0.717, 1.165) is 49.1 Å². The van der Waals surface area contributed by atoms with Crippen molar-refractivity contribution in [3.05, 3.63) is 35.4 Å². The van der Waals surface area contributed by atoms with E-state index in [0.29, 0.717) is 29.2 Å². The predicted octanol–water partition coefficient (Wildman–Crippen LogP) is 6.09. The molecular formula is C31H46N2O2. The zero-order chi connectivity index (χ0) is 25.0. The molecule has 0 spiro atoms. The van der Waals surface area contributed by atoms with Gasteiger partial charge in [0.2, 0.25) is 5.91 Å². The second-order valence-corrected chi connectivity index (χ2v) is 13.3. The van der Waals surface area contributed by atoms with E-state index in [1.165, 1.54) is 44.1 Å². The van der Waals surface area contributed by atoms with Gasteiger partial charge in [-0.2, -0.15) is 0 Å². The van der Waals surface area contributed by atoms with Crippen molar-refractivity contribution >= 4 is 11.8 Å². The Morgan fingerprint density at radius 1 is 1.00 bits per heavy atom. The molecule has 2 unspecified atom stereocenters. The minimum atomic E-state index is 0.0739. The standard InChI is InChI=1S/C31H46N2O2/c1-20(2)18-21-6-8-22(9-7-21)29(35)32-19-23-10-12-25-24-11-13-27-31(4,17-15-28(34)33(27)5)26(24)14-16-30(23,25)3/h6-9,20,23-27H,10-19H2,1-5H3,(H,32,35)/t23?,24-,25-,26+,27?,30+,31+/m0/s1. The lowest BCUT2D eigenvalue weighted by Gasteiger charge is -2.61. The molecule has 2 amide bonds. The van der Waals surface area contributed by atoms with Crippen molar-refractivity contribution in [3.8, 4) is 0 Å². The van der Waals surface area contributed by atoms with Crippen LogP contribution in [0.2, 0.25) is 0 Å². The van der Waals surface area contributed by atoms with Crippen LogP contribution < -0.4 is 5.32 Å². The van der Waals surface area contributed by atoms with Gasteiger partial charge < -0.3 is 10.2 Å². The van der Waals surface area contributed by atoms with Gasteiger partial charge in [0, 0.05) is 31.6 Å². The highest BCUT2D eigenvalue weighted by atomic mass is 16.2. The number of fused-ring (bicyclic) bond motifs is 5. The fourth-order valence-electron chi connectivity index (χ4n) is 9.18. The van der Waals surface area contributed by atoms with Crippen molar-refractivity contribution in [3.63, 3.8) is 0 Å².